The van der Waals surface area contributed by atoms with Gasteiger partial charge in [-0.05, 0) is 44.4 Å². The van der Waals surface area contributed by atoms with Crippen molar-refractivity contribution in [2.75, 3.05) is 6.54 Å². The summed E-state index contributed by atoms with van der Waals surface area (Å²) in [5.41, 5.74) is 1.62. The van der Waals surface area contributed by atoms with Gasteiger partial charge in [0.25, 0.3) is 5.56 Å². The van der Waals surface area contributed by atoms with Gasteiger partial charge in [-0.3, -0.25) is 4.79 Å². The molecule has 1 atom stereocenters. The minimum atomic E-state index is -3.55. The summed E-state index contributed by atoms with van der Waals surface area (Å²) in [5, 5.41) is 6.36. The number of nitrogens with one attached hydrogen (secondary N) is 1. The fraction of sp³-hybridized carbons (Fsp3) is 0.412. The number of aromatic amines is 1. The Morgan fingerprint density at radius 1 is 1.21 bits per heavy atom. The van der Waals surface area contributed by atoms with Crippen LogP contribution in [0.15, 0.2) is 40.0 Å². The SMILES string of the molecule is Cc1ccc(-c2ccc(=O)[nH]n2)cc1S(=O)(=O)N1CCCC[C@@H]1C. The molecule has 3 rings (SSSR count). The Bertz CT molecular complexity index is 885. The molecular weight excluding hydrogens is 326 g/mol. The van der Waals surface area contributed by atoms with Gasteiger partial charge in [0.1, 0.15) is 0 Å². The zero-order valence-electron chi connectivity index (χ0n) is 13.8. The Labute approximate surface area is 141 Å². The van der Waals surface area contributed by atoms with E-state index < -0.39 is 10.0 Å². The lowest BCUT2D eigenvalue weighted by molar-refractivity contribution is 0.268. The summed E-state index contributed by atoms with van der Waals surface area (Å²) in [6.07, 6.45) is 2.84. The minimum absolute atomic E-state index is 0.0120. The normalized spacial score (nSPS) is 19.3. The van der Waals surface area contributed by atoms with Gasteiger partial charge in [0.05, 0.1) is 10.6 Å². The van der Waals surface area contributed by atoms with Crippen molar-refractivity contribution in [2.45, 2.75) is 44.0 Å². The van der Waals surface area contributed by atoms with Gasteiger partial charge < -0.3 is 0 Å². The van der Waals surface area contributed by atoms with Crippen molar-refractivity contribution in [3.63, 3.8) is 0 Å². The van der Waals surface area contributed by atoms with Crippen LogP contribution in [0.5, 0.6) is 0 Å². The van der Waals surface area contributed by atoms with Crippen LogP contribution in [-0.2, 0) is 10.0 Å². The molecule has 1 aliphatic heterocycles. The number of aromatic nitrogens is 2. The van der Waals surface area contributed by atoms with E-state index >= 15 is 0 Å². The van der Waals surface area contributed by atoms with Crippen LogP contribution in [0.4, 0.5) is 0 Å². The Hall–Kier alpha value is -1.99. The third-order valence-electron chi connectivity index (χ3n) is 4.49. The number of hydrogen-bond acceptors (Lipinski definition) is 4. The molecule has 1 fully saturated rings. The van der Waals surface area contributed by atoms with Gasteiger partial charge >= 0.3 is 0 Å². The molecule has 0 bridgehead atoms. The van der Waals surface area contributed by atoms with Crippen molar-refractivity contribution in [1.82, 2.24) is 14.5 Å². The zero-order chi connectivity index (χ0) is 17.3. The zero-order valence-corrected chi connectivity index (χ0v) is 14.6. The van der Waals surface area contributed by atoms with Gasteiger partial charge in [-0.25, -0.2) is 13.5 Å². The van der Waals surface area contributed by atoms with Crippen molar-refractivity contribution >= 4 is 10.0 Å². The maximum Gasteiger partial charge on any atom is 0.264 e. The average molecular weight is 347 g/mol. The van der Waals surface area contributed by atoms with E-state index in [9.17, 15) is 13.2 Å². The average Bonchev–Trinajstić information content (AvgIpc) is 2.56. The predicted octanol–water partition coefficient (Wildman–Crippen LogP) is 2.31. The standard InChI is InChI=1S/C17H21N3O3S/c1-12-6-7-14(15-8-9-17(21)19-18-15)11-16(12)24(22,23)20-10-4-3-5-13(20)2/h6-9,11,13H,3-5,10H2,1-2H3,(H,19,21)/t13-/m0/s1. The molecule has 24 heavy (non-hydrogen) atoms. The Balaban J connectivity index is 2.05. The van der Waals surface area contributed by atoms with E-state index in [-0.39, 0.29) is 11.6 Å². The van der Waals surface area contributed by atoms with Gasteiger partial charge in [0.15, 0.2) is 0 Å². The van der Waals surface area contributed by atoms with Crippen molar-refractivity contribution < 1.29 is 8.42 Å². The van der Waals surface area contributed by atoms with Crippen LogP contribution in [-0.4, -0.2) is 35.5 Å². The van der Waals surface area contributed by atoms with E-state index in [0.29, 0.717) is 28.3 Å². The van der Waals surface area contributed by atoms with Crippen LogP contribution in [0.3, 0.4) is 0 Å². The number of nitrogens with zero attached hydrogens (tertiary/aromatic N) is 2. The van der Waals surface area contributed by atoms with Crippen LogP contribution in [0.25, 0.3) is 11.3 Å². The molecule has 0 radical (unpaired) electrons. The van der Waals surface area contributed by atoms with E-state index in [0.717, 1.165) is 19.3 Å². The summed E-state index contributed by atoms with van der Waals surface area (Å²) in [5.74, 6) is 0. The summed E-state index contributed by atoms with van der Waals surface area (Å²) < 4.78 is 27.8. The van der Waals surface area contributed by atoms with Crippen molar-refractivity contribution in [3.05, 3.63) is 46.2 Å². The summed E-state index contributed by atoms with van der Waals surface area (Å²) in [6, 6.07) is 8.22. The smallest absolute Gasteiger partial charge is 0.264 e. The van der Waals surface area contributed by atoms with Gasteiger partial charge in [-0.2, -0.15) is 9.40 Å². The fourth-order valence-electron chi connectivity index (χ4n) is 3.10. The highest BCUT2D eigenvalue weighted by Gasteiger charge is 2.32. The summed E-state index contributed by atoms with van der Waals surface area (Å²) in [4.78, 5) is 11.5. The summed E-state index contributed by atoms with van der Waals surface area (Å²) in [6.45, 7) is 4.31. The van der Waals surface area contributed by atoms with Gasteiger partial charge in [0, 0.05) is 24.2 Å². The number of sulfonamides is 1. The Morgan fingerprint density at radius 2 is 2.00 bits per heavy atom. The summed E-state index contributed by atoms with van der Waals surface area (Å²) in [7, 11) is -3.55. The third kappa shape index (κ3) is 3.14. The lowest BCUT2D eigenvalue weighted by Crippen LogP contribution is -2.42. The molecule has 1 N–H and O–H groups in total. The van der Waals surface area contributed by atoms with Crippen LogP contribution >= 0.6 is 0 Å². The van der Waals surface area contributed by atoms with E-state index in [4.69, 9.17) is 0 Å². The highest BCUT2D eigenvalue weighted by Crippen LogP contribution is 2.29. The molecule has 6 nitrogen and oxygen atoms in total. The molecule has 0 unspecified atom stereocenters. The molecular formula is C17H21N3O3S. The number of rotatable bonds is 3. The van der Waals surface area contributed by atoms with Gasteiger partial charge in [-0.1, -0.05) is 18.6 Å². The van der Waals surface area contributed by atoms with Crippen LogP contribution in [0, 0.1) is 6.92 Å². The molecule has 0 saturated carbocycles. The second-order valence-corrected chi connectivity index (χ2v) is 8.11. The first-order valence-corrected chi connectivity index (χ1v) is 9.52. The maximum atomic E-state index is 13.1. The highest BCUT2D eigenvalue weighted by atomic mass is 32.2. The van der Waals surface area contributed by atoms with E-state index in [1.165, 1.54) is 6.07 Å². The summed E-state index contributed by atoms with van der Waals surface area (Å²) >= 11 is 0. The van der Waals surface area contributed by atoms with Crippen LogP contribution in [0.2, 0.25) is 0 Å². The molecule has 1 aromatic carbocycles. The third-order valence-corrected chi connectivity index (χ3v) is 6.65. The number of benzene rings is 1. The van der Waals surface area contributed by atoms with Gasteiger partial charge in [0.2, 0.25) is 10.0 Å². The van der Waals surface area contributed by atoms with E-state index in [1.54, 1.807) is 29.4 Å². The minimum Gasteiger partial charge on any atom is -0.268 e. The molecule has 0 aliphatic carbocycles. The first-order valence-electron chi connectivity index (χ1n) is 8.08. The quantitative estimate of drug-likeness (QED) is 0.923. The van der Waals surface area contributed by atoms with Crippen LogP contribution in [0.1, 0.15) is 31.7 Å². The lowest BCUT2D eigenvalue weighted by atomic mass is 10.1. The number of hydrogen-bond donors (Lipinski definition) is 1. The number of piperidine rings is 1. The molecule has 2 heterocycles. The van der Waals surface area contributed by atoms with Crippen molar-refractivity contribution in [3.8, 4) is 11.3 Å². The molecule has 0 spiro atoms. The molecule has 1 saturated heterocycles. The molecule has 1 aliphatic rings. The Kier molecular flexibility index (Phi) is 4.56. The topological polar surface area (TPSA) is 83.1 Å². The molecule has 7 heteroatoms. The maximum absolute atomic E-state index is 13.1. The van der Waals surface area contributed by atoms with E-state index in [2.05, 4.69) is 10.2 Å². The van der Waals surface area contributed by atoms with Crippen LogP contribution < -0.4 is 5.56 Å². The largest absolute Gasteiger partial charge is 0.268 e. The van der Waals surface area contributed by atoms with Crippen molar-refractivity contribution in [2.24, 2.45) is 0 Å². The molecule has 128 valence electrons. The van der Waals surface area contributed by atoms with Crippen molar-refractivity contribution in [1.29, 1.82) is 0 Å². The molecule has 1 aromatic heterocycles. The second kappa shape index (κ2) is 6.49. The predicted molar refractivity (Wildman–Crippen MR) is 92.2 cm³/mol. The highest BCUT2D eigenvalue weighted by molar-refractivity contribution is 7.89. The first-order chi connectivity index (χ1) is 11.4. The van der Waals surface area contributed by atoms with E-state index in [1.807, 2.05) is 13.0 Å². The monoisotopic (exact) mass is 347 g/mol. The number of aryl methyl sites for hydroxylation is 1. The fourth-order valence-corrected chi connectivity index (χ4v) is 5.05. The lowest BCUT2D eigenvalue weighted by Gasteiger charge is -2.32. The van der Waals surface area contributed by atoms with Gasteiger partial charge in [-0.15, -0.1) is 0 Å². The Morgan fingerprint density at radius 3 is 2.67 bits per heavy atom. The number of H-pyrrole nitrogens is 1. The second-order valence-electron chi connectivity index (χ2n) is 6.25. The molecule has 0 amide bonds. The first kappa shape index (κ1) is 16.9. The molecule has 2 aromatic rings.